The Hall–Kier alpha value is -2.28. The van der Waals surface area contributed by atoms with Crippen molar-refractivity contribution in [2.24, 2.45) is 11.5 Å². The lowest BCUT2D eigenvalue weighted by Crippen LogP contribution is -2.68. The molecule has 0 amide bonds. The van der Waals surface area contributed by atoms with Crippen molar-refractivity contribution < 1.29 is 39.6 Å². The van der Waals surface area contributed by atoms with Gasteiger partial charge in [-0.3, -0.25) is 19.2 Å². The summed E-state index contributed by atoms with van der Waals surface area (Å²) in [5.74, 6) is -6.06. The predicted molar refractivity (Wildman–Crippen MR) is 72.9 cm³/mol. The van der Waals surface area contributed by atoms with Gasteiger partial charge in [-0.1, -0.05) is 0 Å². The maximum absolute atomic E-state index is 10.8. The summed E-state index contributed by atoms with van der Waals surface area (Å²) in [4.78, 5) is 43.2. The van der Waals surface area contributed by atoms with Gasteiger partial charge in [0.05, 0.1) is 36.8 Å². The Morgan fingerprint density at radius 2 is 0.727 bits per heavy atom. The highest BCUT2D eigenvalue weighted by molar-refractivity contribution is 5.78. The van der Waals surface area contributed by atoms with Gasteiger partial charge >= 0.3 is 23.9 Å². The predicted octanol–water partition coefficient (Wildman–Crippen LogP) is -1.40. The molecule has 0 atom stereocenters. The van der Waals surface area contributed by atoms with Crippen LogP contribution in [0.2, 0.25) is 0 Å². The molecule has 12 heteroatoms. The fourth-order valence-electron chi connectivity index (χ4n) is 1.91. The van der Waals surface area contributed by atoms with Crippen LogP contribution in [0.1, 0.15) is 25.7 Å². The smallest absolute Gasteiger partial charge is 0.305 e. The Kier molecular flexibility index (Phi) is 9.98. The topological polar surface area (TPSA) is 271 Å². The number of rotatable bonds is 9. The molecule has 22 heavy (non-hydrogen) atoms. The largest absolute Gasteiger partial charge is 0.481 e. The summed E-state index contributed by atoms with van der Waals surface area (Å²) in [5.41, 5.74) is 6.88. The third-order valence-corrected chi connectivity index (χ3v) is 2.86. The van der Waals surface area contributed by atoms with Gasteiger partial charge in [0.2, 0.25) is 0 Å². The van der Waals surface area contributed by atoms with Crippen molar-refractivity contribution in [1.29, 1.82) is 0 Å². The Bertz CT molecular complexity index is 367. The number of hydrogen-bond acceptors (Lipinski definition) is 8. The zero-order valence-electron chi connectivity index (χ0n) is 11.8. The van der Waals surface area contributed by atoms with Crippen molar-refractivity contribution in [3.8, 4) is 0 Å². The molecule has 0 spiro atoms. The highest BCUT2D eigenvalue weighted by atomic mass is 16.4. The van der Waals surface area contributed by atoms with Gasteiger partial charge in [-0.15, -0.1) is 0 Å². The first-order valence-corrected chi connectivity index (χ1v) is 5.37. The van der Waals surface area contributed by atoms with Gasteiger partial charge in [0, 0.05) is 0 Å². The molecule has 0 aliphatic heterocycles. The number of nitrogens with two attached hydrogens (primary N) is 2. The van der Waals surface area contributed by atoms with Crippen LogP contribution in [-0.4, -0.2) is 55.4 Å². The maximum atomic E-state index is 10.8. The third-order valence-electron chi connectivity index (χ3n) is 2.86. The van der Waals surface area contributed by atoms with Gasteiger partial charge in [-0.25, -0.2) is 0 Å². The molecule has 0 rings (SSSR count). The third kappa shape index (κ3) is 6.94. The standard InChI is InChI=1S/C10H16N2O8.2H3N/c11-9(1-5(13)14,2-6(15)16)10(12,3-7(17)18)4-8(19)20;;/h1-4,11-12H2,(H,13,14)(H,15,16)(H,17,18)(H,19,20);2*1H3. The van der Waals surface area contributed by atoms with Crippen molar-refractivity contribution in [3.63, 3.8) is 0 Å². The van der Waals surface area contributed by atoms with Crippen LogP contribution in [0.15, 0.2) is 0 Å². The monoisotopic (exact) mass is 326 g/mol. The van der Waals surface area contributed by atoms with Crippen LogP contribution in [0.25, 0.3) is 0 Å². The summed E-state index contributed by atoms with van der Waals surface area (Å²) < 4.78 is 0. The number of hydrogen-bond donors (Lipinski definition) is 8. The van der Waals surface area contributed by atoms with E-state index in [0.29, 0.717) is 0 Å². The Balaban J connectivity index is -0.00000180. The molecule has 0 aliphatic rings. The van der Waals surface area contributed by atoms with Crippen LogP contribution >= 0.6 is 0 Å². The van der Waals surface area contributed by atoms with Crippen LogP contribution < -0.4 is 23.8 Å². The van der Waals surface area contributed by atoms with Crippen molar-refractivity contribution in [3.05, 3.63) is 0 Å². The molecule has 0 saturated carbocycles. The molecule has 0 aromatic rings. The van der Waals surface area contributed by atoms with E-state index in [1.54, 1.807) is 0 Å². The van der Waals surface area contributed by atoms with Crippen molar-refractivity contribution in [2.45, 2.75) is 36.8 Å². The molecule has 0 heterocycles. The Morgan fingerprint density at radius 3 is 0.818 bits per heavy atom. The molecule has 0 bridgehead atoms. The average molecular weight is 326 g/mol. The lowest BCUT2D eigenvalue weighted by molar-refractivity contribution is -0.150. The summed E-state index contributed by atoms with van der Waals surface area (Å²) in [7, 11) is 0. The Labute approximate surface area is 125 Å². The first-order chi connectivity index (χ1) is 8.92. The number of carboxylic acids is 4. The molecular weight excluding hydrogens is 304 g/mol. The lowest BCUT2D eigenvalue weighted by atomic mass is 9.69. The highest BCUT2D eigenvalue weighted by Gasteiger charge is 2.51. The van der Waals surface area contributed by atoms with Gasteiger partial charge in [0.1, 0.15) is 0 Å². The normalized spacial score (nSPS) is 10.8. The minimum absolute atomic E-state index is 0. The van der Waals surface area contributed by atoms with E-state index in [4.69, 9.17) is 31.9 Å². The number of aliphatic carboxylic acids is 4. The highest BCUT2D eigenvalue weighted by Crippen LogP contribution is 2.31. The quantitative estimate of drug-likeness (QED) is 0.243. The van der Waals surface area contributed by atoms with Gasteiger partial charge < -0.3 is 44.2 Å². The number of carboxylic acid groups (broad SMARTS) is 4. The fraction of sp³-hybridized carbons (Fsp3) is 0.600. The first-order valence-electron chi connectivity index (χ1n) is 5.37. The van der Waals surface area contributed by atoms with Crippen LogP contribution in [0, 0.1) is 0 Å². The fourth-order valence-corrected chi connectivity index (χ4v) is 1.91. The van der Waals surface area contributed by atoms with Crippen LogP contribution in [0.3, 0.4) is 0 Å². The van der Waals surface area contributed by atoms with E-state index in [-0.39, 0.29) is 12.3 Å². The van der Waals surface area contributed by atoms with Crippen LogP contribution in [0.4, 0.5) is 0 Å². The van der Waals surface area contributed by atoms with E-state index < -0.39 is 60.6 Å². The zero-order chi connectivity index (χ0) is 16.1. The van der Waals surface area contributed by atoms with Crippen LogP contribution in [-0.2, 0) is 19.2 Å². The van der Waals surface area contributed by atoms with Crippen molar-refractivity contribution in [2.75, 3.05) is 0 Å². The molecule has 0 saturated heterocycles. The van der Waals surface area contributed by atoms with Gasteiger partial charge in [0.25, 0.3) is 0 Å². The van der Waals surface area contributed by atoms with E-state index in [2.05, 4.69) is 0 Å². The van der Waals surface area contributed by atoms with E-state index in [1.165, 1.54) is 0 Å². The van der Waals surface area contributed by atoms with Crippen molar-refractivity contribution in [1.82, 2.24) is 12.3 Å². The molecule has 0 unspecified atom stereocenters. The summed E-state index contributed by atoms with van der Waals surface area (Å²) >= 11 is 0. The molecule has 0 aromatic heterocycles. The van der Waals surface area contributed by atoms with E-state index in [9.17, 15) is 19.2 Å². The summed E-state index contributed by atoms with van der Waals surface area (Å²) in [6, 6.07) is 0. The van der Waals surface area contributed by atoms with E-state index in [1.807, 2.05) is 0 Å². The van der Waals surface area contributed by atoms with E-state index >= 15 is 0 Å². The first kappa shape index (κ1) is 24.7. The second-order valence-corrected chi connectivity index (χ2v) is 4.59. The second-order valence-electron chi connectivity index (χ2n) is 4.59. The molecule has 14 N–H and O–H groups in total. The van der Waals surface area contributed by atoms with Gasteiger partial charge in [-0.05, 0) is 0 Å². The lowest BCUT2D eigenvalue weighted by Gasteiger charge is -2.42. The number of carbonyl (C=O) groups is 4. The summed E-state index contributed by atoms with van der Waals surface area (Å²) in [6.45, 7) is 0. The van der Waals surface area contributed by atoms with Crippen LogP contribution in [0.5, 0.6) is 0 Å². The van der Waals surface area contributed by atoms with Crippen molar-refractivity contribution >= 4 is 23.9 Å². The minimum Gasteiger partial charge on any atom is -0.481 e. The summed E-state index contributed by atoms with van der Waals surface area (Å²) in [5, 5.41) is 35.1. The molecule has 0 radical (unpaired) electrons. The molecule has 0 fully saturated rings. The average Bonchev–Trinajstić information content (AvgIpc) is 2.10. The molecular formula is C10H22N4O8. The Morgan fingerprint density at radius 1 is 0.591 bits per heavy atom. The SMILES string of the molecule is N.N.NC(CC(=O)O)(CC(=O)O)C(N)(CC(=O)O)CC(=O)O. The van der Waals surface area contributed by atoms with E-state index in [0.717, 1.165) is 0 Å². The minimum atomic E-state index is -2.22. The van der Waals surface area contributed by atoms with Gasteiger partial charge in [-0.2, -0.15) is 0 Å². The molecule has 0 aromatic carbocycles. The van der Waals surface area contributed by atoms with Gasteiger partial charge in [0.15, 0.2) is 0 Å². The molecule has 0 aliphatic carbocycles. The maximum Gasteiger partial charge on any atom is 0.305 e. The summed E-state index contributed by atoms with van der Waals surface area (Å²) in [6.07, 6.45) is -3.90. The second kappa shape index (κ2) is 8.89. The molecule has 130 valence electrons. The molecule has 12 nitrogen and oxygen atoms in total. The zero-order valence-corrected chi connectivity index (χ0v) is 11.8.